The Morgan fingerprint density at radius 2 is 2.00 bits per heavy atom. The van der Waals surface area contributed by atoms with Crippen molar-refractivity contribution in [2.75, 3.05) is 13.2 Å². The molecule has 4 nitrogen and oxygen atoms in total. The molecule has 0 aliphatic rings. The van der Waals surface area contributed by atoms with E-state index in [0.29, 0.717) is 19.4 Å². The van der Waals surface area contributed by atoms with Gasteiger partial charge in [0.1, 0.15) is 0 Å². The first-order chi connectivity index (χ1) is 9.56. The molecule has 0 spiro atoms. The molecule has 4 heteroatoms. The van der Waals surface area contributed by atoms with Gasteiger partial charge in [-0.2, -0.15) is 0 Å². The third-order valence-electron chi connectivity index (χ3n) is 2.80. The Bertz CT molecular complexity index is 415. The van der Waals surface area contributed by atoms with Gasteiger partial charge in [0.2, 0.25) is 0 Å². The topological polar surface area (TPSA) is 55.8 Å². The van der Waals surface area contributed by atoms with Crippen LogP contribution < -0.4 is 0 Å². The van der Waals surface area contributed by atoms with Gasteiger partial charge in [0.15, 0.2) is 6.10 Å². The van der Waals surface area contributed by atoms with Crippen LogP contribution in [0, 0.1) is 0 Å². The number of esters is 1. The van der Waals surface area contributed by atoms with Crippen LogP contribution in [-0.2, 0) is 27.1 Å². The third kappa shape index (κ3) is 5.72. The van der Waals surface area contributed by atoms with Crippen LogP contribution in [0.2, 0.25) is 0 Å². The summed E-state index contributed by atoms with van der Waals surface area (Å²) in [6.45, 7) is 6.05. The summed E-state index contributed by atoms with van der Waals surface area (Å²) >= 11 is 0. The van der Waals surface area contributed by atoms with E-state index in [-0.39, 0.29) is 18.7 Å². The van der Waals surface area contributed by atoms with Crippen molar-refractivity contribution in [3.8, 4) is 0 Å². The first-order valence-corrected chi connectivity index (χ1v) is 7.07. The molecule has 0 amide bonds. The molecule has 1 aromatic carbocycles. The van der Waals surface area contributed by atoms with E-state index in [1.807, 2.05) is 38.1 Å². The van der Waals surface area contributed by atoms with E-state index in [0.717, 1.165) is 11.1 Å². The van der Waals surface area contributed by atoms with Gasteiger partial charge in [0.25, 0.3) is 0 Å². The molecule has 1 unspecified atom stereocenters. The van der Waals surface area contributed by atoms with Gasteiger partial charge in [0.05, 0.1) is 12.7 Å². The lowest BCUT2D eigenvalue weighted by Gasteiger charge is -2.19. The molecule has 0 heterocycles. The summed E-state index contributed by atoms with van der Waals surface area (Å²) in [5.41, 5.74) is 2.06. The van der Waals surface area contributed by atoms with Crippen molar-refractivity contribution in [2.45, 2.75) is 45.8 Å². The van der Waals surface area contributed by atoms with Crippen LogP contribution >= 0.6 is 0 Å². The quantitative estimate of drug-likeness (QED) is 0.741. The summed E-state index contributed by atoms with van der Waals surface area (Å²) in [5, 5.41) is 8.97. The molecule has 1 aromatic rings. The number of aliphatic hydroxyl groups excluding tert-OH is 1. The lowest BCUT2D eigenvalue weighted by Crippen LogP contribution is -2.31. The van der Waals surface area contributed by atoms with Gasteiger partial charge in [-0.3, -0.25) is 0 Å². The highest BCUT2D eigenvalue weighted by atomic mass is 16.6. The molecule has 20 heavy (non-hydrogen) atoms. The van der Waals surface area contributed by atoms with Gasteiger partial charge in [-0.1, -0.05) is 24.3 Å². The Kier molecular flexibility index (Phi) is 7.26. The molecule has 0 bridgehead atoms. The maximum Gasteiger partial charge on any atom is 0.335 e. The second-order valence-corrected chi connectivity index (χ2v) is 4.92. The van der Waals surface area contributed by atoms with E-state index in [2.05, 4.69) is 0 Å². The number of benzene rings is 1. The lowest BCUT2D eigenvalue weighted by molar-refractivity contribution is -0.159. The highest BCUT2D eigenvalue weighted by molar-refractivity contribution is 5.75. The minimum atomic E-state index is -0.584. The highest BCUT2D eigenvalue weighted by Gasteiger charge is 2.22. The smallest absolute Gasteiger partial charge is 0.335 e. The van der Waals surface area contributed by atoms with E-state index in [4.69, 9.17) is 14.6 Å². The molecule has 0 aliphatic carbocycles. The Balaban J connectivity index is 2.77. The fourth-order valence-corrected chi connectivity index (χ4v) is 2.01. The van der Waals surface area contributed by atoms with Crippen LogP contribution in [0.25, 0.3) is 0 Å². The van der Waals surface area contributed by atoms with Crippen molar-refractivity contribution in [2.24, 2.45) is 0 Å². The summed E-state index contributed by atoms with van der Waals surface area (Å²) in [6, 6.07) is 7.84. The van der Waals surface area contributed by atoms with Gasteiger partial charge in [-0.05, 0) is 38.3 Å². The zero-order valence-corrected chi connectivity index (χ0v) is 12.5. The molecular weight excluding hydrogens is 256 g/mol. The van der Waals surface area contributed by atoms with Crippen LogP contribution in [0.5, 0.6) is 0 Å². The molecule has 1 atom stereocenters. The highest BCUT2D eigenvalue weighted by Crippen LogP contribution is 2.12. The monoisotopic (exact) mass is 280 g/mol. The molecule has 0 saturated heterocycles. The molecule has 0 fully saturated rings. The van der Waals surface area contributed by atoms with E-state index in [9.17, 15) is 4.79 Å². The van der Waals surface area contributed by atoms with Crippen molar-refractivity contribution in [3.05, 3.63) is 35.4 Å². The minimum Gasteiger partial charge on any atom is -0.464 e. The molecule has 1 rings (SSSR count). The van der Waals surface area contributed by atoms with Gasteiger partial charge >= 0.3 is 5.97 Å². The van der Waals surface area contributed by atoms with Crippen molar-refractivity contribution in [1.29, 1.82) is 0 Å². The fraction of sp³-hybridized carbons (Fsp3) is 0.562. The SMILES string of the molecule is CCOC(=O)C(Cc1cccc(CCO)c1)OC(C)C. The van der Waals surface area contributed by atoms with Crippen LogP contribution in [-0.4, -0.2) is 36.5 Å². The van der Waals surface area contributed by atoms with Crippen LogP contribution in [0.1, 0.15) is 31.9 Å². The van der Waals surface area contributed by atoms with E-state index in [1.165, 1.54) is 0 Å². The Morgan fingerprint density at radius 1 is 1.30 bits per heavy atom. The average molecular weight is 280 g/mol. The second-order valence-electron chi connectivity index (χ2n) is 4.92. The van der Waals surface area contributed by atoms with Crippen molar-refractivity contribution in [1.82, 2.24) is 0 Å². The first kappa shape index (κ1) is 16.7. The number of hydrogen-bond donors (Lipinski definition) is 1. The second kappa shape index (κ2) is 8.72. The molecule has 0 aliphatic heterocycles. The Hall–Kier alpha value is -1.39. The first-order valence-electron chi connectivity index (χ1n) is 7.07. The maximum absolute atomic E-state index is 11.9. The third-order valence-corrected chi connectivity index (χ3v) is 2.80. The van der Waals surface area contributed by atoms with Gasteiger partial charge in [0, 0.05) is 13.0 Å². The van der Waals surface area contributed by atoms with Gasteiger partial charge in [-0.25, -0.2) is 4.79 Å². The molecule has 112 valence electrons. The number of hydrogen-bond acceptors (Lipinski definition) is 4. The number of ether oxygens (including phenoxy) is 2. The average Bonchev–Trinajstić information content (AvgIpc) is 2.38. The minimum absolute atomic E-state index is 0.0370. The lowest BCUT2D eigenvalue weighted by atomic mass is 10.0. The molecule has 0 radical (unpaired) electrons. The molecule has 0 aromatic heterocycles. The summed E-state index contributed by atoms with van der Waals surface area (Å²) in [5.74, 6) is -0.325. The predicted molar refractivity (Wildman–Crippen MR) is 77.6 cm³/mol. The summed E-state index contributed by atoms with van der Waals surface area (Å²) in [7, 11) is 0. The fourth-order valence-electron chi connectivity index (χ4n) is 2.01. The van der Waals surface area contributed by atoms with Crippen LogP contribution in [0.4, 0.5) is 0 Å². The van der Waals surface area contributed by atoms with Gasteiger partial charge in [-0.15, -0.1) is 0 Å². The summed E-state index contributed by atoms with van der Waals surface area (Å²) in [4.78, 5) is 11.9. The molecule has 0 saturated carbocycles. The van der Waals surface area contributed by atoms with Crippen molar-refractivity contribution >= 4 is 5.97 Å². The van der Waals surface area contributed by atoms with Crippen LogP contribution in [0.3, 0.4) is 0 Å². The summed E-state index contributed by atoms with van der Waals surface area (Å²) in [6.07, 6.45) is 0.475. The van der Waals surface area contributed by atoms with Crippen LogP contribution in [0.15, 0.2) is 24.3 Å². The van der Waals surface area contributed by atoms with E-state index >= 15 is 0 Å². The molecular formula is C16H24O4. The van der Waals surface area contributed by atoms with E-state index < -0.39 is 6.10 Å². The molecule has 1 N–H and O–H groups in total. The number of carbonyl (C=O) groups excluding carboxylic acids is 1. The number of aliphatic hydroxyl groups is 1. The van der Waals surface area contributed by atoms with Gasteiger partial charge < -0.3 is 14.6 Å². The Labute approximate surface area is 120 Å². The zero-order valence-electron chi connectivity index (χ0n) is 12.5. The Morgan fingerprint density at radius 3 is 2.60 bits per heavy atom. The number of rotatable bonds is 8. The van der Waals surface area contributed by atoms with Crippen molar-refractivity contribution < 1.29 is 19.4 Å². The zero-order chi connectivity index (χ0) is 15.0. The largest absolute Gasteiger partial charge is 0.464 e. The maximum atomic E-state index is 11.9. The van der Waals surface area contributed by atoms with Crippen molar-refractivity contribution in [3.63, 3.8) is 0 Å². The van der Waals surface area contributed by atoms with E-state index in [1.54, 1.807) is 6.92 Å². The summed E-state index contributed by atoms with van der Waals surface area (Å²) < 4.78 is 10.7. The standard InChI is InChI=1S/C16H24O4/c1-4-19-16(18)15(20-12(2)3)11-14-7-5-6-13(10-14)8-9-17/h5-7,10,12,15,17H,4,8-9,11H2,1-3H3. The predicted octanol–water partition coefficient (Wildman–Crippen LogP) is 2.12. The normalized spacial score (nSPS) is 12.4. The number of carbonyl (C=O) groups is 1.